The van der Waals surface area contributed by atoms with Gasteiger partial charge in [-0.3, -0.25) is 0 Å². The Balaban J connectivity index is 2.09. The first-order valence-corrected chi connectivity index (χ1v) is 4.95. The van der Waals surface area contributed by atoms with Gasteiger partial charge in [0.05, 0.1) is 11.3 Å². The van der Waals surface area contributed by atoms with Gasteiger partial charge in [0.2, 0.25) is 0 Å². The second-order valence-corrected chi connectivity index (χ2v) is 3.43. The molecule has 2 rings (SSSR count). The van der Waals surface area contributed by atoms with Crippen molar-refractivity contribution < 1.29 is 19.0 Å². The summed E-state index contributed by atoms with van der Waals surface area (Å²) in [7, 11) is 0. The van der Waals surface area contributed by atoms with E-state index in [2.05, 4.69) is 4.98 Å². The fourth-order valence-electron chi connectivity index (χ4n) is 1.36. The molecule has 0 aliphatic heterocycles. The normalized spacial score (nSPS) is 10.2. The van der Waals surface area contributed by atoms with Gasteiger partial charge in [-0.1, -0.05) is 0 Å². The minimum Gasteiger partial charge on any atom is -0.484 e. The van der Waals surface area contributed by atoms with Crippen molar-refractivity contribution in [3.63, 3.8) is 0 Å². The summed E-state index contributed by atoms with van der Waals surface area (Å²) < 4.78 is 18.7. The van der Waals surface area contributed by atoms with Crippen LogP contribution < -0.4 is 4.74 Å². The van der Waals surface area contributed by atoms with Crippen LogP contribution in [0.4, 0.5) is 4.39 Å². The number of nitrogens with one attached hydrogen (secondary N) is 1. The molecule has 1 aromatic heterocycles. The van der Waals surface area contributed by atoms with E-state index in [1.807, 2.05) is 12.1 Å². The molecule has 88 valence electrons. The third kappa shape index (κ3) is 2.63. The molecule has 2 N–H and O–H groups in total. The monoisotopic (exact) mass is 235 g/mol. The molecular weight excluding hydrogens is 225 g/mol. The molecule has 17 heavy (non-hydrogen) atoms. The number of carbonyl (C=O) groups is 1. The number of halogens is 1. The highest BCUT2D eigenvalue weighted by molar-refractivity contribution is 5.87. The second kappa shape index (κ2) is 4.69. The molecular formula is C12H10FNO3. The van der Waals surface area contributed by atoms with Crippen LogP contribution in [0.15, 0.2) is 36.5 Å². The average molecular weight is 235 g/mol. The zero-order chi connectivity index (χ0) is 12.3. The Morgan fingerprint density at radius 1 is 1.41 bits per heavy atom. The number of aromatic amines is 1. The average Bonchev–Trinajstić information content (AvgIpc) is 2.80. The molecule has 0 aliphatic carbocycles. The van der Waals surface area contributed by atoms with Gasteiger partial charge in [-0.15, -0.1) is 0 Å². The molecule has 0 atom stereocenters. The van der Waals surface area contributed by atoms with Crippen LogP contribution in [0.25, 0.3) is 0 Å². The quantitative estimate of drug-likeness (QED) is 0.855. The van der Waals surface area contributed by atoms with E-state index in [9.17, 15) is 9.18 Å². The molecule has 2 aromatic rings. The predicted octanol–water partition coefficient (Wildman–Crippen LogP) is 2.43. The summed E-state index contributed by atoms with van der Waals surface area (Å²) in [5, 5.41) is 8.67. The van der Waals surface area contributed by atoms with Crippen molar-refractivity contribution in [2.24, 2.45) is 0 Å². The van der Waals surface area contributed by atoms with Gasteiger partial charge in [0.15, 0.2) is 11.6 Å². The highest BCUT2D eigenvalue weighted by Crippen LogP contribution is 2.19. The molecule has 0 amide bonds. The van der Waals surface area contributed by atoms with Crippen molar-refractivity contribution >= 4 is 5.97 Å². The van der Waals surface area contributed by atoms with Gasteiger partial charge in [0.1, 0.15) is 6.61 Å². The molecule has 0 saturated heterocycles. The number of rotatable bonds is 4. The molecule has 0 spiro atoms. The molecule has 0 unspecified atom stereocenters. The van der Waals surface area contributed by atoms with E-state index in [1.165, 1.54) is 12.1 Å². The van der Waals surface area contributed by atoms with Crippen LogP contribution in [-0.2, 0) is 6.61 Å². The summed E-state index contributed by atoms with van der Waals surface area (Å²) >= 11 is 0. The fourth-order valence-corrected chi connectivity index (χ4v) is 1.36. The van der Waals surface area contributed by atoms with Crippen LogP contribution in [0.3, 0.4) is 0 Å². The van der Waals surface area contributed by atoms with Gasteiger partial charge in [-0.2, -0.15) is 0 Å². The second-order valence-electron chi connectivity index (χ2n) is 3.43. The van der Waals surface area contributed by atoms with Crippen molar-refractivity contribution in [3.05, 3.63) is 53.6 Å². The smallest absolute Gasteiger partial charge is 0.335 e. The summed E-state index contributed by atoms with van der Waals surface area (Å²) in [6, 6.07) is 7.16. The number of aromatic carboxylic acids is 1. The molecule has 0 saturated carbocycles. The summed E-state index contributed by atoms with van der Waals surface area (Å²) in [4.78, 5) is 13.5. The van der Waals surface area contributed by atoms with Gasteiger partial charge in [-0.25, -0.2) is 9.18 Å². The van der Waals surface area contributed by atoms with Gasteiger partial charge in [-0.05, 0) is 30.3 Å². The third-order valence-electron chi connectivity index (χ3n) is 2.22. The van der Waals surface area contributed by atoms with Crippen molar-refractivity contribution in [1.82, 2.24) is 4.98 Å². The molecule has 0 bridgehead atoms. The molecule has 0 aliphatic rings. The Kier molecular flexibility index (Phi) is 3.09. The molecule has 4 nitrogen and oxygen atoms in total. The first kappa shape index (κ1) is 11.2. The minimum atomic E-state index is -1.17. The highest BCUT2D eigenvalue weighted by atomic mass is 19.1. The van der Waals surface area contributed by atoms with E-state index in [-0.39, 0.29) is 17.9 Å². The van der Waals surface area contributed by atoms with E-state index >= 15 is 0 Å². The van der Waals surface area contributed by atoms with Gasteiger partial charge < -0.3 is 14.8 Å². The summed E-state index contributed by atoms with van der Waals surface area (Å²) in [6.07, 6.45) is 1.74. The summed E-state index contributed by atoms with van der Waals surface area (Å²) in [5.74, 6) is -1.82. The predicted molar refractivity (Wildman–Crippen MR) is 58.5 cm³/mol. The van der Waals surface area contributed by atoms with Gasteiger partial charge in [0, 0.05) is 6.20 Å². The van der Waals surface area contributed by atoms with Crippen LogP contribution in [0, 0.1) is 5.82 Å². The fraction of sp³-hybridized carbons (Fsp3) is 0.0833. The van der Waals surface area contributed by atoms with Crippen LogP contribution in [0.2, 0.25) is 0 Å². The largest absolute Gasteiger partial charge is 0.484 e. The maximum absolute atomic E-state index is 13.4. The van der Waals surface area contributed by atoms with E-state index in [4.69, 9.17) is 9.84 Å². The van der Waals surface area contributed by atoms with E-state index < -0.39 is 11.8 Å². The number of aromatic nitrogens is 1. The lowest BCUT2D eigenvalue weighted by Crippen LogP contribution is -2.01. The van der Waals surface area contributed by atoms with Crippen molar-refractivity contribution in [1.29, 1.82) is 0 Å². The summed E-state index contributed by atoms with van der Waals surface area (Å²) in [6.45, 7) is 0.205. The number of carboxylic acid groups (broad SMARTS) is 1. The molecule has 1 aromatic carbocycles. The minimum absolute atomic E-state index is 0.0320. The maximum atomic E-state index is 13.4. The first-order chi connectivity index (χ1) is 8.16. The van der Waals surface area contributed by atoms with Crippen molar-refractivity contribution in [2.75, 3.05) is 0 Å². The Morgan fingerprint density at radius 2 is 2.24 bits per heavy atom. The van der Waals surface area contributed by atoms with E-state index in [0.29, 0.717) is 0 Å². The maximum Gasteiger partial charge on any atom is 0.335 e. The summed E-state index contributed by atoms with van der Waals surface area (Å²) in [5.41, 5.74) is 0.710. The number of carboxylic acids is 1. The standard InChI is InChI=1S/C12H10FNO3/c13-10-6-8(12(15)16)3-4-11(10)17-7-9-2-1-5-14-9/h1-6,14H,7H2,(H,15,16). The number of hydrogen-bond donors (Lipinski definition) is 2. The van der Waals surface area contributed by atoms with Crippen molar-refractivity contribution in [3.8, 4) is 5.75 Å². The van der Waals surface area contributed by atoms with Crippen molar-refractivity contribution in [2.45, 2.75) is 6.61 Å². The number of benzene rings is 1. The van der Waals surface area contributed by atoms with Crippen LogP contribution in [0.1, 0.15) is 16.1 Å². The lowest BCUT2D eigenvalue weighted by Gasteiger charge is -2.06. The van der Waals surface area contributed by atoms with Gasteiger partial charge in [0.25, 0.3) is 0 Å². The zero-order valence-electron chi connectivity index (χ0n) is 8.81. The Labute approximate surface area is 96.7 Å². The Morgan fingerprint density at radius 3 is 2.82 bits per heavy atom. The molecule has 0 radical (unpaired) electrons. The van der Waals surface area contributed by atoms with Crippen LogP contribution in [-0.4, -0.2) is 16.1 Å². The third-order valence-corrected chi connectivity index (χ3v) is 2.22. The Hall–Kier alpha value is -2.30. The SMILES string of the molecule is O=C(O)c1ccc(OCc2ccc[nH]2)c(F)c1. The molecule has 5 heteroatoms. The van der Waals surface area contributed by atoms with E-state index in [0.717, 1.165) is 11.8 Å². The first-order valence-electron chi connectivity index (χ1n) is 4.95. The van der Waals surface area contributed by atoms with Crippen LogP contribution >= 0.6 is 0 Å². The van der Waals surface area contributed by atoms with Gasteiger partial charge >= 0.3 is 5.97 Å². The number of H-pyrrole nitrogens is 1. The number of hydrogen-bond acceptors (Lipinski definition) is 2. The highest BCUT2D eigenvalue weighted by Gasteiger charge is 2.09. The topological polar surface area (TPSA) is 62.3 Å². The Bertz CT molecular complexity index is 523. The lowest BCUT2D eigenvalue weighted by atomic mass is 10.2. The number of ether oxygens (including phenoxy) is 1. The van der Waals surface area contributed by atoms with E-state index in [1.54, 1.807) is 6.20 Å². The molecule has 0 fully saturated rings. The van der Waals surface area contributed by atoms with Crippen LogP contribution in [0.5, 0.6) is 5.75 Å². The molecule has 1 heterocycles. The zero-order valence-corrected chi connectivity index (χ0v) is 8.81. The lowest BCUT2D eigenvalue weighted by molar-refractivity contribution is 0.0696.